The van der Waals surface area contributed by atoms with Crippen LogP contribution in [-0.4, -0.2) is 38.1 Å². The highest BCUT2D eigenvalue weighted by atomic mass is 15.1. The van der Waals surface area contributed by atoms with Gasteiger partial charge in [0.2, 0.25) is 0 Å². The molecule has 0 aliphatic rings. The Morgan fingerprint density at radius 2 is 1.71 bits per heavy atom. The fraction of sp³-hybridized carbons (Fsp3) is 1.00. The largest absolute Gasteiger partial charge is 0.319 e. The van der Waals surface area contributed by atoms with E-state index in [0.29, 0.717) is 17.4 Å². The van der Waals surface area contributed by atoms with Crippen molar-refractivity contribution in [2.45, 2.75) is 40.7 Å². The van der Waals surface area contributed by atoms with E-state index in [9.17, 15) is 0 Å². The highest BCUT2D eigenvalue weighted by Gasteiger charge is 2.20. The van der Waals surface area contributed by atoms with Crippen LogP contribution >= 0.6 is 0 Å². The lowest BCUT2D eigenvalue weighted by Crippen LogP contribution is -2.42. The molecule has 2 nitrogen and oxygen atoms in total. The SMILES string of the molecule is CNCC(C)C(C)N(C)CC(C)(C)C. The molecule has 0 saturated carbocycles. The number of hydrogen-bond acceptors (Lipinski definition) is 2. The van der Waals surface area contributed by atoms with Crippen LogP contribution in [0.2, 0.25) is 0 Å². The maximum absolute atomic E-state index is 3.24. The second-order valence-electron chi connectivity index (χ2n) is 5.75. The van der Waals surface area contributed by atoms with Crippen molar-refractivity contribution in [1.82, 2.24) is 10.2 Å². The number of nitrogens with one attached hydrogen (secondary N) is 1. The minimum Gasteiger partial charge on any atom is -0.319 e. The maximum atomic E-state index is 3.24. The zero-order valence-corrected chi connectivity index (χ0v) is 11.0. The van der Waals surface area contributed by atoms with E-state index in [2.05, 4.69) is 51.9 Å². The minimum absolute atomic E-state index is 0.391. The summed E-state index contributed by atoms with van der Waals surface area (Å²) in [5, 5.41) is 3.24. The number of rotatable bonds is 5. The first-order chi connectivity index (χ1) is 6.28. The molecule has 0 aromatic rings. The van der Waals surface area contributed by atoms with E-state index in [0.717, 1.165) is 13.1 Å². The van der Waals surface area contributed by atoms with Crippen molar-refractivity contribution >= 4 is 0 Å². The van der Waals surface area contributed by atoms with Gasteiger partial charge in [0.25, 0.3) is 0 Å². The van der Waals surface area contributed by atoms with Crippen molar-refractivity contribution in [2.75, 3.05) is 27.2 Å². The fourth-order valence-corrected chi connectivity index (χ4v) is 1.82. The van der Waals surface area contributed by atoms with Gasteiger partial charge in [-0.1, -0.05) is 27.7 Å². The highest BCUT2D eigenvalue weighted by Crippen LogP contribution is 2.18. The molecule has 1 N–H and O–H groups in total. The Balaban J connectivity index is 4.04. The van der Waals surface area contributed by atoms with E-state index in [4.69, 9.17) is 0 Å². The quantitative estimate of drug-likeness (QED) is 0.732. The molecule has 2 heteroatoms. The van der Waals surface area contributed by atoms with E-state index in [1.165, 1.54) is 0 Å². The molecule has 0 fully saturated rings. The van der Waals surface area contributed by atoms with Crippen LogP contribution in [0, 0.1) is 11.3 Å². The first-order valence-electron chi connectivity index (χ1n) is 5.63. The molecule has 0 aliphatic carbocycles. The first kappa shape index (κ1) is 13.9. The summed E-state index contributed by atoms with van der Waals surface area (Å²) in [6.07, 6.45) is 0. The molecule has 0 rings (SSSR count). The Labute approximate surface area is 90.1 Å². The molecule has 0 aromatic heterocycles. The van der Waals surface area contributed by atoms with Crippen molar-refractivity contribution in [2.24, 2.45) is 11.3 Å². The van der Waals surface area contributed by atoms with Gasteiger partial charge in [-0.15, -0.1) is 0 Å². The average Bonchev–Trinajstić information content (AvgIpc) is 2.00. The minimum atomic E-state index is 0.391. The third kappa shape index (κ3) is 5.61. The van der Waals surface area contributed by atoms with Crippen LogP contribution in [0.1, 0.15) is 34.6 Å². The van der Waals surface area contributed by atoms with Crippen molar-refractivity contribution in [1.29, 1.82) is 0 Å². The van der Waals surface area contributed by atoms with E-state index < -0.39 is 0 Å². The van der Waals surface area contributed by atoms with Gasteiger partial charge in [0.15, 0.2) is 0 Å². The molecule has 0 heterocycles. The normalized spacial score (nSPS) is 17.1. The summed E-state index contributed by atoms with van der Waals surface area (Å²) in [5.74, 6) is 0.701. The summed E-state index contributed by atoms with van der Waals surface area (Å²) >= 11 is 0. The second kappa shape index (κ2) is 5.72. The van der Waals surface area contributed by atoms with Crippen molar-refractivity contribution in [3.05, 3.63) is 0 Å². The van der Waals surface area contributed by atoms with Crippen LogP contribution in [0.15, 0.2) is 0 Å². The van der Waals surface area contributed by atoms with Gasteiger partial charge in [-0.3, -0.25) is 0 Å². The molecule has 14 heavy (non-hydrogen) atoms. The third-order valence-electron chi connectivity index (χ3n) is 2.77. The molecular formula is C12H28N2. The predicted molar refractivity (Wildman–Crippen MR) is 64.6 cm³/mol. The molecule has 0 saturated heterocycles. The van der Waals surface area contributed by atoms with Crippen molar-refractivity contribution < 1.29 is 0 Å². The molecule has 0 aliphatic heterocycles. The van der Waals surface area contributed by atoms with Gasteiger partial charge in [0.1, 0.15) is 0 Å². The Morgan fingerprint density at radius 3 is 2.07 bits per heavy atom. The monoisotopic (exact) mass is 200 g/mol. The zero-order chi connectivity index (χ0) is 11.4. The zero-order valence-electron chi connectivity index (χ0n) is 11.0. The summed E-state index contributed by atoms with van der Waals surface area (Å²) in [5.41, 5.74) is 0.391. The standard InChI is InChI=1S/C12H28N2/c1-10(8-13-6)11(2)14(7)9-12(3,4)5/h10-11,13H,8-9H2,1-7H3. The molecule has 0 bridgehead atoms. The second-order valence-corrected chi connectivity index (χ2v) is 5.75. The lowest BCUT2D eigenvalue weighted by molar-refractivity contribution is 0.145. The highest BCUT2D eigenvalue weighted by molar-refractivity contribution is 4.75. The average molecular weight is 200 g/mol. The van der Waals surface area contributed by atoms with Crippen molar-refractivity contribution in [3.8, 4) is 0 Å². The number of hydrogen-bond donors (Lipinski definition) is 1. The Morgan fingerprint density at radius 1 is 1.21 bits per heavy atom. The third-order valence-corrected chi connectivity index (χ3v) is 2.77. The smallest absolute Gasteiger partial charge is 0.0102 e. The van der Waals surface area contributed by atoms with Gasteiger partial charge in [-0.25, -0.2) is 0 Å². The molecule has 2 atom stereocenters. The maximum Gasteiger partial charge on any atom is 0.0102 e. The van der Waals surface area contributed by atoms with Gasteiger partial charge in [-0.05, 0) is 38.9 Å². The van der Waals surface area contributed by atoms with Gasteiger partial charge in [0.05, 0.1) is 0 Å². The van der Waals surface area contributed by atoms with Gasteiger partial charge < -0.3 is 10.2 Å². The van der Waals surface area contributed by atoms with E-state index in [1.54, 1.807) is 0 Å². The summed E-state index contributed by atoms with van der Waals surface area (Å²) < 4.78 is 0. The molecule has 0 amide bonds. The lowest BCUT2D eigenvalue weighted by Gasteiger charge is -2.34. The Hall–Kier alpha value is -0.0800. The lowest BCUT2D eigenvalue weighted by atomic mass is 9.94. The van der Waals surface area contributed by atoms with E-state index in [-0.39, 0.29) is 0 Å². The predicted octanol–water partition coefficient (Wildman–Crippen LogP) is 2.21. The fourth-order valence-electron chi connectivity index (χ4n) is 1.82. The number of nitrogens with zero attached hydrogens (tertiary/aromatic N) is 1. The summed E-state index contributed by atoms with van der Waals surface area (Å²) in [4.78, 5) is 2.46. The van der Waals surface area contributed by atoms with Crippen LogP contribution in [0.25, 0.3) is 0 Å². The summed E-state index contributed by atoms with van der Waals surface area (Å²) in [7, 11) is 4.25. The summed E-state index contributed by atoms with van der Waals surface area (Å²) in [6, 6.07) is 0.640. The van der Waals surface area contributed by atoms with Crippen LogP contribution < -0.4 is 5.32 Å². The molecular weight excluding hydrogens is 172 g/mol. The van der Waals surface area contributed by atoms with E-state index in [1.807, 2.05) is 7.05 Å². The van der Waals surface area contributed by atoms with Gasteiger partial charge >= 0.3 is 0 Å². The van der Waals surface area contributed by atoms with Gasteiger partial charge in [-0.2, -0.15) is 0 Å². The van der Waals surface area contributed by atoms with Crippen LogP contribution in [0.5, 0.6) is 0 Å². The summed E-state index contributed by atoms with van der Waals surface area (Å²) in [6.45, 7) is 13.7. The van der Waals surface area contributed by atoms with Gasteiger partial charge in [0, 0.05) is 12.6 Å². The molecule has 0 radical (unpaired) electrons. The Bertz CT molecular complexity index is 149. The molecule has 0 spiro atoms. The topological polar surface area (TPSA) is 15.3 Å². The molecule has 0 aromatic carbocycles. The van der Waals surface area contributed by atoms with Crippen LogP contribution in [-0.2, 0) is 0 Å². The Kier molecular flexibility index (Phi) is 5.68. The van der Waals surface area contributed by atoms with Crippen LogP contribution in [0.3, 0.4) is 0 Å². The van der Waals surface area contributed by atoms with Crippen molar-refractivity contribution in [3.63, 3.8) is 0 Å². The van der Waals surface area contributed by atoms with Crippen LogP contribution in [0.4, 0.5) is 0 Å². The molecule has 2 unspecified atom stereocenters. The van der Waals surface area contributed by atoms with E-state index >= 15 is 0 Å². The first-order valence-corrected chi connectivity index (χ1v) is 5.63. The molecule has 86 valence electrons.